The van der Waals surface area contributed by atoms with Gasteiger partial charge in [-0.3, -0.25) is 10.2 Å². The predicted octanol–water partition coefficient (Wildman–Crippen LogP) is 1.90. The molecule has 7 heteroatoms. The third-order valence-corrected chi connectivity index (χ3v) is 4.08. The Morgan fingerprint density at radius 3 is 2.45 bits per heavy atom. The molecule has 2 aromatic carbocycles. The molecule has 0 atom stereocenters. The molecular weight excluding hydrogens is 307 g/mol. The molecule has 0 bridgehead atoms. The summed E-state index contributed by atoms with van der Waals surface area (Å²) in [7, 11) is -3.77. The largest absolute Gasteiger partial charge is 0.274 e. The highest BCUT2D eigenvalue weighted by atomic mass is 32.2. The topological polar surface area (TPSA) is 75.3 Å². The molecule has 22 heavy (non-hydrogen) atoms. The smallest absolute Gasteiger partial charge is 0.269 e. The van der Waals surface area contributed by atoms with Crippen molar-refractivity contribution in [3.05, 3.63) is 71.0 Å². The second-order valence-electron chi connectivity index (χ2n) is 4.74. The molecule has 2 rings (SSSR count). The monoisotopic (exact) mass is 322 g/mol. The summed E-state index contributed by atoms with van der Waals surface area (Å²) >= 11 is 0. The first-order valence-electron chi connectivity index (χ1n) is 6.48. The van der Waals surface area contributed by atoms with Crippen LogP contribution >= 0.6 is 0 Å². The molecule has 0 heterocycles. The molecule has 2 aromatic rings. The summed E-state index contributed by atoms with van der Waals surface area (Å²) in [6.07, 6.45) is 0. The van der Waals surface area contributed by atoms with E-state index in [1.165, 1.54) is 25.1 Å². The SMILES string of the molecule is Cc1cccc(C(=O)NNS(=O)(=O)Cc2ccccc2)c1F. The maximum atomic E-state index is 13.8. The van der Waals surface area contributed by atoms with Gasteiger partial charge in [0.1, 0.15) is 5.82 Å². The van der Waals surface area contributed by atoms with Gasteiger partial charge in [-0.25, -0.2) is 12.8 Å². The van der Waals surface area contributed by atoms with Gasteiger partial charge in [-0.05, 0) is 24.1 Å². The van der Waals surface area contributed by atoms with E-state index in [9.17, 15) is 17.6 Å². The van der Waals surface area contributed by atoms with Crippen molar-refractivity contribution in [1.82, 2.24) is 10.3 Å². The van der Waals surface area contributed by atoms with E-state index in [1.807, 2.05) is 10.3 Å². The molecule has 0 fully saturated rings. The maximum absolute atomic E-state index is 13.8. The Balaban J connectivity index is 2.03. The molecule has 2 N–H and O–H groups in total. The zero-order chi connectivity index (χ0) is 16.2. The van der Waals surface area contributed by atoms with Crippen molar-refractivity contribution in [1.29, 1.82) is 0 Å². The molecule has 116 valence electrons. The molecule has 0 spiro atoms. The van der Waals surface area contributed by atoms with E-state index < -0.39 is 21.7 Å². The number of halogens is 1. The molecule has 0 aliphatic carbocycles. The van der Waals surface area contributed by atoms with Gasteiger partial charge in [0.2, 0.25) is 10.0 Å². The van der Waals surface area contributed by atoms with Crippen molar-refractivity contribution < 1.29 is 17.6 Å². The maximum Gasteiger partial charge on any atom is 0.269 e. The van der Waals surface area contributed by atoms with Crippen molar-refractivity contribution >= 4 is 15.9 Å². The average Bonchev–Trinajstić information content (AvgIpc) is 2.48. The number of hydrazine groups is 1. The Bertz CT molecular complexity index is 777. The molecule has 0 aliphatic heterocycles. The van der Waals surface area contributed by atoms with E-state index in [4.69, 9.17) is 0 Å². The summed E-state index contributed by atoms with van der Waals surface area (Å²) in [5, 5.41) is 0. The Morgan fingerprint density at radius 2 is 1.77 bits per heavy atom. The third-order valence-electron chi connectivity index (χ3n) is 2.96. The number of amides is 1. The minimum absolute atomic E-state index is 0.220. The van der Waals surface area contributed by atoms with Gasteiger partial charge in [0, 0.05) is 0 Å². The standard InChI is InChI=1S/C15H15FN2O3S/c1-11-6-5-9-13(14(11)16)15(19)17-18-22(20,21)10-12-7-3-2-4-8-12/h2-9,18H,10H2,1H3,(H,17,19). The van der Waals surface area contributed by atoms with Crippen LogP contribution in [-0.4, -0.2) is 14.3 Å². The van der Waals surface area contributed by atoms with Crippen molar-refractivity contribution in [2.75, 3.05) is 0 Å². The molecule has 1 amide bonds. The first-order valence-corrected chi connectivity index (χ1v) is 8.13. The second kappa shape index (κ2) is 6.67. The third kappa shape index (κ3) is 4.12. The van der Waals surface area contributed by atoms with Crippen molar-refractivity contribution in [3.63, 3.8) is 0 Å². The van der Waals surface area contributed by atoms with Gasteiger partial charge >= 0.3 is 0 Å². The fourth-order valence-corrected chi connectivity index (χ4v) is 2.80. The number of hydrogen-bond donors (Lipinski definition) is 2. The molecule has 0 saturated heterocycles. The van der Waals surface area contributed by atoms with E-state index in [1.54, 1.807) is 30.3 Å². The molecule has 0 aliphatic rings. The van der Waals surface area contributed by atoms with Gasteiger partial charge < -0.3 is 0 Å². The van der Waals surface area contributed by atoms with Crippen LogP contribution in [-0.2, 0) is 15.8 Å². The van der Waals surface area contributed by atoms with Crippen LogP contribution in [0.15, 0.2) is 48.5 Å². The first kappa shape index (κ1) is 16.1. The Kier molecular flexibility index (Phi) is 4.89. The van der Waals surface area contributed by atoms with Gasteiger partial charge in [-0.2, -0.15) is 0 Å². The van der Waals surface area contributed by atoms with Gasteiger partial charge in [0.05, 0.1) is 11.3 Å². The van der Waals surface area contributed by atoms with Gasteiger partial charge in [-0.1, -0.05) is 42.5 Å². The molecule has 0 unspecified atom stereocenters. The molecule has 5 nitrogen and oxygen atoms in total. The number of hydrogen-bond acceptors (Lipinski definition) is 3. The number of carbonyl (C=O) groups is 1. The highest BCUT2D eigenvalue weighted by molar-refractivity contribution is 7.88. The molecule has 0 aromatic heterocycles. The number of carbonyl (C=O) groups excluding carboxylic acids is 1. The van der Waals surface area contributed by atoms with Crippen molar-refractivity contribution in [2.45, 2.75) is 12.7 Å². The predicted molar refractivity (Wildman–Crippen MR) is 80.8 cm³/mol. The van der Waals surface area contributed by atoms with E-state index >= 15 is 0 Å². The summed E-state index contributed by atoms with van der Waals surface area (Å²) in [6, 6.07) is 12.8. The Labute approximate surface area is 128 Å². The van der Waals surface area contributed by atoms with Crippen LogP contribution in [0, 0.1) is 12.7 Å². The van der Waals surface area contributed by atoms with Crippen LogP contribution < -0.4 is 10.3 Å². The minimum atomic E-state index is -3.77. The van der Waals surface area contributed by atoms with Crippen molar-refractivity contribution in [2.24, 2.45) is 0 Å². The average molecular weight is 322 g/mol. The summed E-state index contributed by atoms with van der Waals surface area (Å²) in [6.45, 7) is 1.52. The Hall–Kier alpha value is -2.25. The van der Waals surface area contributed by atoms with Crippen LogP contribution in [0.4, 0.5) is 4.39 Å². The number of aryl methyl sites for hydroxylation is 1. The van der Waals surface area contributed by atoms with Crippen LogP contribution in [0.1, 0.15) is 21.5 Å². The van der Waals surface area contributed by atoms with Crippen LogP contribution in [0.5, 0.6) is 0 Å². The molecule has 0 saturated carbocycles. The minimum Gasteiger partial charge on any atom is -0.274 e. The lowest BCUT2D eigenvalue weighted by Gasteiger charge is -2.09. The van der Waals surface area contributed by atoms with E-state index in [0.29, 0.717) is 11.1 Å². The summed E-state index contributed by atoms with van der Waals surface area (Å²) in [4.78, 5) is 13.8. The molecule has 0 radical (unpaired) electrons. The van der Waals surface area contributed by atoms with Crippen LogP contribution in [0.2, 0.25) is 0 Å². The van der Waals surface area contributed by atoms with Crippen molar-refractivity contribution in [3.8, 4) is 0 Å². The van der Waals surface area contributed by atoms with E-state index in [0.717, 1.165) is 0 Å². The molecular formula is C15H15FN2O3S. The highest BCUT2D eigenvalue weighted by Gasteiger charge is 2.16. The normalized spacial score (nSPS) is 11.2. The van der Waals surface area contributed by atoms with E-state index in [-0.39, 0.29) is 11.3 Å². The summed E-state index contributed by atoms with van der Waals surface area (Å²) < 4.78 is 37.5. The number of nitrogens with one attached hydrogen (secondary N) is 2. The fourth-order valence-electron chi connectivity index (χ4n) is 1.84. The Morgan fingerprint density at radius 1 is 1.09 bits per heavy atom. The summed E-state index contributed by atoms with van der Waals surface area (Å²) in [5.41, 5.74) is 2.67. The second-order valence-corrected chi connectivity index (χ2v) is 6.46. The number of sulfonamides is 1. The van der Waals surface area contributed by atoms with Crippen LogP contribution in [0.3, 0.4) is 0 Å². The van der Waals surface area contributed by atoms with E-state index in [2.05, 4.69) is 0 Å². The summed E-state index contributed by atoms with van der Waals surface area (Å²) in [5.74, 6) is -1.81. The van der Waals surface area contributed by atoms with Gasteiger partial charge in [0.15, 0.2) is 0 Å². The zero-order valence-corrected chi connectivity index (χ0v) is 12.7. The number of benzene rings is 2. The fraction of sp³-hybridized carbons (Fsp3) is 0.133. The van der Waals surface area contributed by atoms with Crippen LogP contribution in [0.25, 0.3) is 0 Å². The lowest BCUT2D eigenvalue weighted by molar-refractivity contribution is 0.0941. The lowest BCUT2D eigenvalue weighted by Crippen LogP contribution is -2.42. The first-order chi connectivity index (χ1) is 10.4. The lowest BCUT2D eigenvalue weighted by atomic mass is 10.1. The van der Waals surface area contributed by atoms with Gasteiger partial charge in [-0.15, -0.1) is 4.83 Å². The number of rotatable bonds is 5. The quantitative estimate of drug-likeness (QED) is 0.826. The zero-order valence-electron chi connectivity index (χ0n) is 11.8. The van der Waals surface area contributed by atoms with Gasteiger partial charge in [0.25, 0.3) is 5.91 Å². The highest BCUT2D eigenvalue weighted by Crippen LogP contribution is 2.11.